The number of rotatable bonds is 4. The third kappa shape index (κ3) is 3.90. The van der Waals surface area contributed by atoms with Crippen LogP contribution < -0.4 is 16.0 Å². The fraction of sp³-hybridized carbons (Fsp3) is 0.222. The summed E-state index contributed by atoms with van der Waals surface area (Å²) in [5.41, 5.74) is 3.37. The van der Waals surface area contributed by atoms with Crippen molar-refractivity contribution in [3.8, 4) is 0 Å². The van der Waals surface area contributed by atoms with Gasteiger partial charge in [-0.3, -0.25) is 4.79 Å². The predicted octanol–water partition coefficient (Wildman–Crippen LogP) is 3.07. The van der Waals surface area contributed by atoms with E-state index >= 15 is 0 Å². The van der Waals surface area contributed by atoms with Crippen LogP contribution in [-0.4, -0.2) is 18.5 Å². The number of urea groups is 1. The van der Waals surface area contributed by atoms with Crippen LogP contribution in [0.15, 0.2) is 42.5 Å². The normalized spacial score (nSPS) is 12.4. The first-order chi connectivity index (χ1) is 11.6. The van der Waals surface area contributed by atoms with E-state index in [9.17, 15) is 14.0 Å². The molecule has 3 rings (SSSR count). The van der Waals surface area contributed by atoms with Crippen molar-refractivity contribution in [3.05, 3.63) is 59.4 Å². The minimum atomic E-state index is -0.635. The number of fused-ring (bicyclic) bond motifs is 1. The monoisotopic (exact) mass is 327 g/mol. The first-order valence-electron chi connectivity index (χ1n) is 7.83. The van der Waals surface area contributed by atoms with Gasteiger partial charge < -0.3 is 16.0 Å². The summed E-state index contributed by atoms with van der Waals surface area (Å²) < 4.78 is 13.4. The first kappa shape index (κ1) is 16.0. The van der Waals surface area contributed by atoms with E-state index in [0.29, 0.717) is 0 Å². The molecule has 0 radical (unpaired) electrons. The minimum absolute atomic E-state index is 0.0639. The van der Waals surface area contributed by atoms with Gasteiger partial charge in [0.2, 0.25) is 5.91 Å². The molecule has 6 heteroatoms. The van der Waals surface area contributed by atoms with Crippen LogP contribution in [0.25, 0.3) is 0 Å². The van der Waals surface area contributed by atoms with Gasteiger partial charge in [-0.25, -0.2) is 9.18 Å². The summed E-state index contributed by atoms with van der Waals surface area (Å²) >= 11 is 0. The number of amides is 3. The highest BCUT2D eigenvalue weighted by Crippen LogP contribution is 2.24. The summed E-state index contributed by atoms with van der Waals surface area (Å²) in [6, 6.07) is 11.1. The molecule has 0 fully saturated rings. The lowest BCUT2D eigenvalue weighted by Gasteiger charge is -2.10. The summed E-state index contributed by atoms with van der Waals surface area (Å²) in [5, 5.41) is 7.51. The lowest BCUT2D eigenvalue weighted by Crippen LogP contribution is -2.36. The van der Waals surface area contributed by atoms with Crippen LogP contribution in [0.1, 0.15) is 17.5 Å². The van der Waals surface area contributed by atoms with E-state index in [1.54, 1.807) is 6.07 Å². The number of halogens is 1. The van der Waals surface area contributed by atoms with Crippen molar-refractivity contribution in [1.82, 2.24) is 5.32 Å². The third-order valence-corrected chi connectivity index (χ3v) is 3.91. The SMILES string of the molecule is O=C(CNC(=O)Nc1ccccc1F)Nc1ccc2c(c1)CCC2. The Kier molecular flexibility index (Phi) is 4.74. The molecule has 0 saturated carbocycles. The van der Waals surface area contributed by atoms with Gasteiger partial charge in [0.25, 0.3) is 0 Å². The Labute approximate surface area is 139 Å². The van der Waals surface area contributed by atoms with Crippen LogP contribution in [0.3, 0.4) is 0 Å². The second kappa shape index (κ2) is 7.12. The fourth-order valence-corrected chi connectivity index (χ4v) is 2.74. The minimum Gasteiger partial charge on any atom is -0.329 e. The largest absolute Gasteiger partial charge is 0.329 e. The predicted molar refractivity (Wildman–Crippen MR) is 90.5 cm³/mol. The molecule has 0 spiro atoms. The number of nitrogens with one attached hydrogen (secondary N) is 3. The van der Waals surface area contributed by atoms with Gasteiger partial charge in [0.05, 0.1) is 12.2 Å². The van der Waals surface area contributed by atoms with Gasteiger partial charge in [0, 0.05) is 5.69 Å². The standard InChI is InChI=1S/C18H18FN3O2/c19-15-6-1-2-7-16(15)22-18(24)20-11-17(23)21-14-9-8-12-4-3-5-13(12)10-14/h1-2,6-10H,3-5,11H2,(H,21,23)(H2,20,22,24). The zero-order valence-electron chi connectivity index (χ0n) is 13.1. The molecule has 2 aromatic rings. The highest BCUT2D eigenvalue weighted by Gasteiger charge is 2.12. The van der Waals surface area contributed by atoms with E-state index in [1.807, 2.05) is 18.2 Å². The van der Waals surface area contributed by atoms with E-state index in [-0.39, 0.29) is 18.1 Å². The van der Waals surface area contributed by atoms with Crippen LogP contribution in [-0.2, 0) is 17.6 Å². The molecule has 5 nitrogen and oxygen atoms in total. The molecule has 2 aromatic carbocycles. The van der Waals surface area contributed by atoms with Crippen molar-refractivity contribution in [2.24, 2.45) is 0 Å². The van der Waals surface area contributed by atoms with Gasteiger partial charge in [-0.05, 0) is 54.7 Å². The molecule has 0 atom stereocenters. The van der Waals surface area contributed by atoms with Crippen molar-refractivity contribution < 1.29 is 14.0 Å². The van der Waals surface area contributed by atoms with E-state index in [4.69, 9.17) is 0 Å². The molecular formula is C18H18FN3O2. The fourth-order valence-electron chi connectivity index (χ4n) is 2.74. The molecule has 1 aliphatic carbocycles. The molecule has 3 amide bonds. The zero-order valence-corrected chi connectivity index (χ0v) is 13.1. The Morgan fingerprint density at radius 2 is 1.79 bits per heavy atom. The number of para-hydroxylation sites is 1. The van der Waals surface area contributed by atoms with Crippen LogP contribution in [0, 0.1) is 5.82 Å². The van der Waals surface area contributed by atoms with Crippen molar-refractivity contribution in [2.75, 3.05) is 17.2 Å². The summed E-state index contributed by atoms with van der Waals surface area (Å²) in [5.74, 6) is -0.869. The smallest absolute Gasteiger partial charge is 0.319 e. The van der Waals surface area contributed by atoms with E-state index in [1.165, 1.54) is 29.3 Å². The number of carbonyl (C=O) groups is 2. The number of anilines is 2. The molecule has 0 aliphatic heterocycles. The van der Waals surface area contributed by atoms with Crippen LogP contribution >= 0.6 is 0 Å². The average molecular weight is 327 g/mol. The molecule has 1 aliphatic rings. The topological polar surface area (TPSA) is 70.2 Å². The van der Waals surface area contributed by atoms with Crippen LogP contribution in [0.4, 0.5) is 20.6 Å². The number of aryl methyl sites for hydroxylation is 2. The van der Waals surface area contributed by atoms with Crippen molar-refractivity contribution in [2.45, 2.75) is 19.3 Å². The van der Waals surface area contributed by atoms with Crippen molar-refractivity contribution in [1.29, 1.82) is 0 Å². The number of benzene rings is 2. The van der Waals surface area contributed by atoms with Gasteiger partial charge in [-0.15, -0.1) is 0 Å². The molecule has 3 N–H and O–H groups in total. The van der Waals surface area contributed by atoms with Gasteiger partial charge >= 0.3 is 6.03 Å². The van der Waals surface area contributed by atoms with Crippen molar-refractivity contribution >= 4 is 23.3 Å². The lowest BCUT2D eigenvalue weighted by molar-refractivity contribution is -0.115. The maximum Gasteiger partial charge on any atom is 0.319 e. The number of hydrogen-bond donors (Lipinski definition) is 3. The first-order valence-corrected chi connectivity index (χ1v) is 7.83. The highest BCUT2D eigenvalue weighted by atomic mass is 19.1. The molecular weight excluding hydrogens is 309 g/mol. The Bertz CT molecular complexity index is 777. The number of carbonyl (C=O) groups excluding carboxylic acids is 2. The Hall–Kier alpha value is -2.89. The number of hydrogen-bond acceptors (Lipinski definition) is 2. The second-order valence-corrected chi connectivity index (χ2v) is 5.67. The Balaban J connectivity index is 1.49. The highest BCUT2D eigenvalue weighted by molar-refractivity contribution is 5.97. The quantitative estimate of drug-likeness (QED) is 0.808. The lowest BCUT2D eigenvalue weighted by atomic mass is 10.1. The summed E-state index contributed by atoms with van der Waals surface area (Å²) in [6.45, 7) is -0.197. The summed E-state index contributed by atoms with van der Waals surface area (Å²) in [7, 11) is 0. The maximum atomic E-state index is 13.4. The van der Waals surface area contributed by atoms with Crippen molar-refractivity contribution in [3.63, 3.8) is 0 Å². The van der Waals surface area contributed by atoms with Gasteiger partial charge in [0.1, 0.15) is 5.82 Å². The summed E-state index contributed by atoms with van der Waals surface area (Å²) in [6.07, 6.45) is 3.26. The molecule has 0 bridgehead atoms. The van der Waals surface area contributed by atoms with Gasteiger partial charge in [-0.1, -0.05) is 18.2 Å². The Morgan fingerprint density at radius 1 is 1.00 bits per heavy atom. The molecule has 0 saturated heterocycles. The molecule has 124 valence electrons. The van der Waals surface area contributed by atoms with Gasteiger partial charge in [-0.2, -0.15) is 0 Å². The Morgan fingerprint density at radius 3 is 2.62 bits per heavy atom. The van der Waals surface area contributed by atoms with E-state index in [2.05, 4.69) is 16.0 Å². The van der Waals surface area contributed by atoms with Gasteiger partial charge in [0.15, 0.2) is 0 Å². The molecule has 0 unspecified atom stereocenters. The molecule has 0 aromatic heterocycles. The summed E-state index contributed by atoms with van der Waals surface area (Å²) in [4.78, 5) is 23.6. The second-order valence-electron chi connectivity index (χ2n) is 5.67. The molecule has 24 heavy (non-hydrogen) atoms. The molecule has 0 heterocycles. The van der Waals surface area contributed by atoms with E-state index in [0.717, 1.165) is 24.9 Å². The zero-order chi connectivity index (χ0) is 16.9. The van der Waals surface area contributed by atoms with Crippen LogP contribution in [0.5, 0.6) is 0 Å². The third-order valence-electron chi connectivity index (χ3n) is 3.91. The van der Waals surface area contributed by atoms with E-state index < -0.39 is 11.8 Å². The maximum absolute atomic E-state index is 13.4. The average Bonchev–Trinajstić information content (AvgIpc) is 3.03. The van der Waals surface area contributed by atoms with Crippen LogP contribution in [0.2, 0.25) is 0 Å².